The van der Waals surface area contributed by atoms with Gasteiger partial charge in [-0.3, -0.25) is 4.79 Å². The van der Waals surface area contributed by atoms with Gasteiger partial charge in [0.1, 0.15) is 5.75 Å². The first-order chi connectivity index (χ1) is 14.2. The van der Waals surface area contributed by atoms with Crippen molar-refractivity contribution in [1.82, 2.24) is 5.32 Å². The zero-order chi connectivity index (χ0) is 20.1. The topological polar surface area (TPSA) is 41.6 Å². The number of rotatable bonds is 7. The highest BCUT2D eigenvalue weighted by molar-refractivity contribution is 5.89. The lowest BCUT2D eigenvalue weighted by molar-refractivity contribution is -0.127. The number of carbonyl (C=O) groups excluding carboxylic acids is 1. The molecule has 1 heterocycles. The molecule has 0 aliphatic carbocycles. The predicted octanol–water partition coefficient (Wildman–Crippen LogP) is 4.57. The largest absolute Gasteiger partial charge is 0.480 e. The number of nitrogens with zero attached hydrogens (tertiary/aromatic N) is 1. The molecule has 0 saturated heterocycles. The van der Waals surface area contributed by atoms with Gasteiger partial charge in [0, 0.05) is 30.7 Å². The van der Waals surface area contributed by atoms with Gasteiger partial charge in [-0.25, -0.2) is 0 Å². The number of fused-ring (bicyclic) bond motifs is 2. The standard InChI is InChI=1S/C25H28N2O2/c1-19(29-24-15-6-11-20-9-2-4-13-22(20)24)25(28)26-16-8-18-27-17-7-12-21-10-3-5-14-23(21)27/h2-6,9-11,13-15,19H,7-8,12,16-18H2,1H3,(H,26,28). The third kappa shape index (κ3) is 4.53. The second-order valence-corrected chi connectivity index (χ2v) is 7.60. The lowest BCUT2D eigenvalue weighted by atomic mass is 10.0. The number of nitrogens with one attached hydrogen (secondary N) is 1. The first-order valence-electron chi connectivity index (χ1n) is 10.5. The third-order valence-corrected chi connectivity index (χ3v) is 5.53. The molecule has 0 aromatic heterocycles. The van der Waals surface area contributed by atoms with Crippen LogP contribution in [0.15, 0.2) is 66.7 Å². The molecule has 4 nitrogen and oxygen atoms in total. The summed E-state index contributed by atoms with van der Waals surface area (Å²) < 4.78 is 5.96. The normalized spacial score (nSPS) is 14.3. The van der Waals surface area contributed by atoms with Crippen molar-refractivity contribution >= 4 is 22.4 Å². The van der Waals surface area contributed by atoms with Gasteiger partial charge in [0.05, 0.1) is 0 Å². The molecule has 0 fully saturated rings. The fourth-order valence-corrected chi connectivity index (χ4v) is 4.01. The van der Waals surface area contributed by atoms with Crippen molar-refractivity contribution in [3.8, 4) is 5.75 Å². The van der Waals surface area contributed by atoms with E-state index >= 15 is 0 Å². The van der Waals surface area contributed by atoms with E-state index in [2.05, 4.69) is 34.5 Å². The van der Waals surface area contributed by atoms with Gasteiger partial charge in [-0.1, -0.05) is 54.6 Å². The molecule has 1 amide bonds. The summed E-state index contributed by atoms with van der Waals surface area (Å²) in [4.78, 5) is 14.9. The SMILES string of the molecule is CC(Oc1cccc2ccccc12)C(=O)NCCCN1CCCc2ccccc21. The van der Waals surface area contributed by atoms with Crippen LogP contribution in [0, 0.1) is 0 Å². The van der Waals surface area contributed by atoms with E-state index in [4.69, 9.17) is 4.74 Å². The minimum Gasteiger partial charge on any atom is -0.480 e. The van der Waals surface area contributed by atoms with Crippen molar-refractivity contribution < 1.29 is 9.53 Å². The molecule has 1 aliphatic heterocycles. The van der Waals surface area contributed by atoms with Crippen molar-refractivity contribution in [1.29, 1.82) is 0 Å². The highest BCUT2D eigenvalue weighted by Gasteiger charge is 2.17. The van der Waals surface area contributed by atoms with E-state index in [1.807, 2.05) is 42.5 Å². The quantitative estimate of drug-likeness (QED) is 0.603. The second-order valence-electron chi connectivity index (χ2n) is 7.60. The maximum Gasteiger partial charge on any atom is 0.260 e. The van der Waals surface area contributed by atoms with Gasteiger partial charge < -0.3 is 15.0 Å². The molecule has 0 saturated carbocycles. The Labute approximate surface area is 172 Å². The van der Waals surface area contributed by atoms with E-state index in [0.29, 0.717) is 6.54 Å². The van der Waals surface area contributed by atoms with E-state index in [0.717, 1.165) is 42.5 Å². The van der Waals surface area contributed by atoms with Crippen LogP contribution in [0.1, 0.15) is 25.3 Å². The van der Waals surface area contributed by atoms with Crippen LogP contribution in [-0.2, 0) is 11.2 Å². The molecule has 4 rings (SSSR count). The van der Waals surface area contributed by atoms with E-state index in [1.54, 1.807) is 6.92 Å². The van der Waals surface area contributed by atoms with E-state index < -0.39 is 6.10 Å². The number of hydrogen-bond donors (Lipinski definition) is 1. The summed E-state index contributed by atoms with van der Waals surface area (Å²) in [5, 5.41) is 5.16. The van der Waals surface area contributed by atoms with Crippen LogP contribution in [0.4, 0.5) is 5.69 Å². The zero-order valence-electron chi connectivity index (χ0n) is 16.9. The van der Waals surface area contributed by atoms with Gasteiger partial charge in [0.2, 0.25) is 0 Å². The minimum atomic E-state index is -0.531. The molecule has 150 valence electrons. The molecule has 0 spiro atoms. The molecule has 29 heavy (non-hydrogen) atoms. The van der Waals surface area contributed by atoms with E-state index in [-0.39, 0.29) is 5.91 Å². The number of anilines is 1. The van der Waals surface area contributed by atoms with Gasteiger partial charge in [-0.2, -0.15) is 0 Å². The summed E-state index contributed by atoms with van der Waals surface area (Å²) >= 11 is 0. The van der Waals surface area contributed by atoms with Gasteiger partial charge in [-0.05, 0) is 49.3 Å². The van der Waals surface area contributed by atoms with Crippen LogP contribution in [0.5, 0.6) is 5.75 Å². The monoisotopic (exact) mass is 388 g/mol. The van der Waals surface area contributed by atoms with Crippen molar-refractivity contribution in [2.45, 2.75) is 32.3 Å². The Balaban J connectivity index is 1.27. The minimum absolute atomic E-state index is 0.0722. The van der Waals surface area contributed by atoms with Crippen LogP contribution in [0.25, 0.3) is 10.8 Å². The molecule has 1 atom stereocenters. The molecule has 3 aromatic carbocycles. The van der Waals surface area contributed by atoms with Crippen molar-refractivity contribution in [2.75, 3.05) is 24.5 Å². The van der Waals surface area contributed by atoms with Crippen LogP contribution < -0.4 is 15.0 Å². The van der Waals surface area contributed by atoms with Crippen LogP contribution >= 0.6 is 0 Å². The van der Waals surface area contributed by atoms with Gasteiger partial charge >= 0.3 is 0 Å². The maximum absolute atomic E-state index is 12.5. The second kappa shape index (κ2) is 8.99. The molecule has 0 radical (unpaired) electrons. The molecule has 3 aromatic rings. The third-order valence-electron chi connectivity index (χ3n) is 5.53. The van der Waals surface area contributed by atoms with Gasteiger partial charge in [-0.15, -0.1) is 0 Å². The first-order valence-corrected chi connectivity index (χ1v) is 10.5. The summed E-state index contributed by atoms with van der Waals surface area (Å²) in [6.07, 6.45) is 2.74. The summed E-state index contributed by atoms with van der Waals surface area (Å²) in [6, 6.07) is 22.6. The number of carbonyl (C=O) groups is 1. The summed E-state index contributed by atoms with van der Waals surface area (Å²) in [7, 11) is 0. The highest BCUT2D eigenvalue weighted by atomic mass is 16.5. The van der Waals surface area contributed by atoms with Crippen LogP contribution in [0.3, 0.4) is 0 Å². The molecule has 4 heteroatoms. The maximum atomic E-state index is 12.5. The Hall–Kier alpha value is -3.01. The fourth-order valence-electron chi connectivity index (χ4n) is 4.01. The molecular formula is C25H28N2O2. The number of amides is 1. The number of para-hydroxylation sites is 1. The van der Waals surface area contributed by atoms with Crippen LogP contribution in [-0.4, -0.2) is 31.6 Å². The molecule has 0 bridgehead atoms. The Kier molecular flexibility index (Phi) is 5.99. The molecule has 1 aliphatic rings. The number of aryl methyl sites for hydroxylation is 1. The highest BCUT2D eigenvalue weighted by Crippen LogP contribution is 2.27. The van der Waals surface area contributed by atoms with Crippen molar-refractivity contribution in [3.05, 3.63) is 72.3 Å². The van der Waals surface area contributed by atoms with Crippen LogP contribution in [0.2, 0.25) is 0 Å². The number of benzene rings is 3. The summed E-state index contributed by atoms with van der Waals surface area (Å²) in [6.45, 7) is 4.50. The lowest BCUT2D eigenvalue weighted by Crippen LogP contribution is -2.38. The Morgan fingerprint density at radius 3 is 2.79 bits per heavy atom. The Morgan fingerprint density at radius 2 is 1.86 bits per heavy atom. The van der Waals surface area contributed by atoms with Crippen molar-refractivity contribution in [3.63, 3.8) is 0 Å². The predicted molar refractivity (Wildman–Crippen MR) is 119 cm³/mol. The smallest absolute Gasteiger partial charge is 0.260 e. The average Bonchev–Trinajstić information content (AvgIpc) is 2.77. The van der Waals surface area contributed by atoms with Crippen molar-refractivity contribution in [2.24, 2.45) is 0 Å². The molecular weight excluding hydrogens is 360 g/mol. The number of hydrogen-bond acceptors (Lipinski definition) is 3. The Morgan fingerprint density at radius 1 is 1.07 bits per heavy atom. The fraction of sp³-hybridized carbons (Fsp3) is 0.320. The lowest BCUT2D eigenvalue weighted by Gasteiger charge is -2.31. The average molecular weight is 389 g/mol. The molecule has 1 unspecified atom stereocenters. The Bertz CT molecular complexity index is 980. The zero-order valence-corrected chi connectivity index (χ0v) is 16.9. The van der Waals surface area contributed by atoms with E-state index in [9.17, 15) is 4.79 Å². The van der Waals surface area contributed by atoms with Gasteiger partial charge in [0.25, 0.3) is 5.91 Å². The van der Waals surface area contributed by atoms with E-state index in [1.165, 1.54) is 17.7 Å². The van der Waals surface area contributed by atoms with Gasteiger partial charge in [0.15, 0.2) is 6.10 Å². The summed E-state index contributed by atoms with van der Waals surface area (Å²) in [5.74, 6) is 0.674. The number of ether oxygens (including phenoxy) is 1. The first kappa shape index (κ1) is 19.3. The summed E-state index contributed by atoms with van der Waals surface area (Å²) in [5.41, 5.74) is 2.78. The molecule has 1 N–H and O–H groups in total.